The number of carbonyl (C=O) groups excluding carboxylic acids is 1. The first-order chi connectivity index (χ1) is 17.1. The van der Waals surface area contributed by atoms with E-state index in [2.05, 4.69) is 25.6 Å². The molecule has 0 unspecified atom stereocenters. The zero-order valence-corrected chi connectivity index (χ0v) is 20.5. The SMILES string of the molecule is C[C@]1(C(N)=O)CC[C@@H](n2c(Nc3c(F)cc(Cl)cc3F)nc3cnc(N[C@H]4CC[C@H](O)C4)nc32)CC1. The molecule has 36 heavy (non-hydrogen) atoms. The summed E-state index contributed by atoms with van der Waals surface area (Å²) in [6, 6.07) is 1.96. The highest BCUT2D eigenvalue weighted by molar-refractivity contribution is 6.30. The van der Waals surface area contributed by atoms with Gasteiger partial charge in [-0.1, -0.05) is 18.5 Å². The lowest BCUT2D eigenvalue weighted by Gasteiger charge is -2.35. The maximum Gasteiger partial charge on any atom is 0.224 e. The maximum atomic E-state index is 14.6. The van der Waals surface area contributed by atoms with Crippen LogP contribution < -0.4 is 16.4 Å². The Bertz CT molecular complexity index is 1290. The first-order valence-electron chi connectivity index (χ1n) is 12.0. The molecule has 0 bridgehead atoms. The molecule has 2 aliphatic rings. The number of aromatic nitrogens is 4. The average molecular weight is 520 g/mol. The van der Waals surface area contributed by atoms with E-state index >= 15 is 0 Å². The van der Waals surface area contributed by atoms with Crippen molar-refractivity contribution >= 4 is 46.3 Å². The minimum Gasteiger partial charge on any atom is -0.393 e. The van der Waals surface area contributed by atoms with E-state index in [4.69, 9.17) is 17.3 Å². The van der Waals surface area contributed by atoms with Gasteiger partial charge in [-0.25, -0.2) is 18.7 Å². The van der Waals surface area contributed by atoms with Crippen LogP contribution in [0.2, 0.25) is 5.02 Å². The molecular weight excluding hydrogens is 492 g/mol. The number of carbonyl (C=O) groups is 1. The van der Waals surface area contributed by atoms with Gasteiger partial charge >= 0.3 is 0 Å². The number of aliphatic hydroxyl groups is 1. The van der Waals surface area contributed by atoms with Crippen molar-refractivity contribution in [2.75, 3.05) is 10.6 Å². The molecule has 5 rings (SSSR count). The highest BCUT2D eigenvalue weighted by Gasteiger charge is 2.38. The molecule has 2 aromatic heterocycles. The van der Waals surface area contributed by atoms with E-state index in [1.165, 1.54) is 0 Å². The monoisotopic (exact) mass is 519 g/mol. The number of benzene rings is 1. The van der Waals surface area contributed by atoms with Gasteiger partial charge in [0.1, 0.15) is 11.2 Å². The molecule has 0 aliphatic heterocycles. The van der Waals surface area contributed by atoms with Crippen molar-refractivity contribution in [3.63, 3.8) is 0 Å². The zero-order valence-electron chi connectivity index (χ0n) is 19.8. The fourth-order valence-corrected chi connectivity index (χ4v) is 5.38. The third kappa shape index (κ3) is 4.69. The van der Waals surface area contributed by atoms with Crippen LogP contribution in [0.15, 0.2) is 18.3 Å². The lowest BCUT2D eigenvalue weighted by Crippen LogP contribution is -2.38. The molecule has 0 spiro atoms. The number of fused-ring (bicyclic) bond motifs is 1. The lowest BCUT2D eigenvalue weighted by molar-refractivity contribution is -0.128. The van der Waals surface area contributed by atoms with Crippen molar-refractivity contribution in [1.29, 1.82) is 0 Å². The quantitative estimate of drug-likeness (QED) is 0.379. The third-order valence-electron chi connectivity index (χ3n) is 7.43. The Morgan fingerprint density at radius 1 is 1.19 bits per heavy atom. The predicted octanol–water partition coefficient (Wildman–Crippen LogP) is 4.43. The minimum atomic E-state index is -0.850. The molecule has 2 atom stereocenters. The molecule has 192 valence electrons. The number of imidazole rings is 1. The molecule has 5 N–H and O–H groups in total. The van der Waals surface area contributed by atoms with Crippen LogP contribution >= 0.6 is 11.6 Å². The molecule has 9 nitrogen and oxygen atoms in total. The fourth-order valence-electron chi connectivity index (χ4n) is 5.18. The predicted molar refractivity (Wildman–Crippen MR) is 132 cm³/mol. The second kappa shape index (κ2) is 9.44. The van der Waals surface area contributed by atoms with Crippen LogP contribution in [0.4, 0.5) is 26.4 Å². The molecule has 2 saturated carbocycles. The topological polar surface area (TPSA) is 131 Å². The second-order valence-corrected chi connectivity index (χ2v) is 10.5. The van der Waals surface area contributed by atoms with E-state index in [0.717, 1.165) is 18.6 Å². The summed E-state index contributed by atoms with van der Waals surface area (Å²) in [6.45, 7) is 1.86. The number of anilines is 3. The third-order valence-corrected chi connectivity index (χ3v) is 7.65. The van der Waals surface area contributed by atoms with Crippen LogP contribution in [0.5, 0.6) is 0 Å². The standard InChI is InChI=1S/C24H28ClF2N7O2/c1-24(21(28)36)6-4-14(5-7-24)34-20-18(11-29-22(33-20)30-13-2-3-15(35)10-13)31-23(34)32-19-16(26)8-12(25)9-17(19)27/h8-9,11,13-15,35H,2-7,10H2,1H3,(H2,28,36)(H,31,32)(H,29,30,33)/t13-,14-,15-,24+/m0/s1. The van der Waals surface area contributed by atoms with Crippen LogP contribution in [-0.4, -0.2) is 42.7 Å². The Morgan fingerprint density at radius 3 is 2.50 bits per heavy atom. The average Bonchev–Trinajstić information content (AvgIpc) is 3.39. The van der Waals surface area contributed by atoms with Crippen molar-refractivity contribution < 1.29 is 18.7 Å². The Kier molecular flexibility index (Phi) is 6.46. The van der Waals surface area contributed by atoms with Gasteiger partial charge in [0.15, 0.2) is 17.3 Å². The van der Waals surface area contributed by atoms with Gasteiger partial charge in [-0.15, -0.1) is 0 Å². The van der Waals surface area contributed by atoms with Crippen molar-refractivity contribution in [2.45, 2.75) is 70.1 Å². The number of primary amides is 1. The smallest absolute Gasteiger partial charge is 0.224 e. The van der Waals surface area contributed by atoms with Gasteiger partial charge in [-0.2, -0.15) is 4.98 Å². The molecule has 0 radical (unpaired) electrons. The first kappa shape index (κ1) is 24.6. The van der Waals surface area contributed by atoms with Crippen molar-refractivity contribution in [1.82, 2.24) is 19.5 Å². The summed E-state index contributed by atoms with van der Waals surface area (Å²) in [6.07, 6.45) is 5.67. The van der Waals surface area contributed by atoms with E-state index in [0.29, 0.717) is 55.6 Å². The van der Waals surface area contributed by atoms with E-state index in [1.807, 2.05) is 11.5 Å². The number of hydrogen-bond donors (Lipinski definition) is 4. The number of halogens is 3. The molecule has 2 aliphatic carbocycles. The van der Waals surface area contributed by atoms with Gasteiger partial charge in [0.2, 0.25) is 17.8 Å². The Morgan fingerprint density at radius 2 is 1.89 bits per heavy atom. The van der Waals surface area contributed by atoms with Crippen molar-refractivity contribution in [3.05, 3.63) is 35.0 Å². The van der Waals surface area contributed by atoms with Crippen molar-refractivity contribution in [2.24, 2.45) is 11.1 Å². The molecule has 1 aromatic carbocycles. The molecule has 2 fully saturated rings. The lowest BCUT2D eigenvalue weighted by atomic mass is 9.73. The first-order valence-corrected chi connectivity index (χ1v) is 12.4. The Balaban J connectivity index is 1.53. The van der Waals surface area contributed by atoms with Gasteiger partial charge in [0, 0.05) is 22.5 Å². The van der Waals surface area contributed by atoms with Gasteiger partial charge in [-0.05, 0) is 57.1 Å². The number of hydrogen-bond acceptors (Lipinski definition) is 7. The number of aliphatic hydroxyl groups excluding tert-OH is 1. The maximum absolute atomic E-state index is 14.6. The van der Waals surface area contributed by atoms with Gasteiger partial charge in [0.25, 0.3) is 0 Å². The van der Waals surface area contributed by atoms with Crippen LogP contribution in [0.1, 0.15) is 57.9 Å². The molecule has 12 heteroatoms. The van der Waals surface area contributed by atoms with Crippen LogP contribution in [0, 0.1) is 17.0 Å². The van der Waals surface area contributed by atoms with Crippen LogP contribution in [0.3, 0.4) is 0 Å². The zero-order chi connectivity index (χ0) is 25.6. The normalized spacial score (nSPS) is 26.3. The summed E-state index contributed by atoms with van der Waals surface area (Å²) in [4.78, 5) is 25.6. The summed E-state index contributed by atoms with van der Waals surface area (Å²) >= 11 is 5.78. The number of amides is 1. The molecule has 0 saturated heterocycles. The summed E-state index contributed by atoms with van der Waals surface area (Å²) in [5.74, 6) is -1.45. The summed E-state index contributed by atoms with van der Waals surface area (Å²) in [5.41, 5.74) is 5.59. The van der Waals surface area contributed by atoms with E-state index < -0.39 is 17.0 Å². The largest absolute Gasteiger partial charge is 0.393 e. The Hall–Kier alpha value is -3.05. The highest BCUT2D eigenvalue weighted by Crippen LogP contribution is 2.43. The fraction of sp³-hybridized carbons (Fsp3) is 0.500. The van der Waals surface area contributed by atoms with Crippen molar-refractivity contribution in [3.8, 4) is 0 Å². The van der Waals surface area contributed by atoms with Crippen LogP contribution in [0.25, 0.3) is 11.2 Å². The molecule has 2 heterocycles. The van der Waals surface area contributed by atoms with Gasteiger partial charge in [-0.3, -0.25) is 9.36 Å². The number of nitrogens with one attached hydrogen (secondary N) is 2. The minimum absolute atomic E-state index is 0.0506. The second-order valence-electron chi connectivity index (χ2n) is 10.0. The van der Waals surface area contributed by atoms with Gasteiger partial charge < -0.3 is 21.5 Å². The van der Waals surface area contributed by atoms with Gasteiger partial charge in [0.05, 0.1) is 12.3 Å². The molecular formula is C24H28ClF2N7O2. The summed E-state index contributed by atoms with van der Waals surface area (Å²) in [7, 11) is 0. The van der Waals surface area contributed by atoms with E-state index in [-0.39, 0.29) is 40.8 Å². The Labute approximate surface area is 211 Å². The molecule has 1 amide bonds. The van der Waals surface area contributed by atoms with E-state index in [9.17, 15) is 18.7 Å². The van der Waals surface area contributed by atoms with E-state index in [1.54, 1.807) is 6.20 Å². The molecule has 3 aromatic rings. The summed E-state index contributed by atoms with van der Waals surface area (Å²) < 4.78 is 31.0. The van der Waals surface area contributed by atoms with Crippen LogP contribution in [-0.2, 0) is 4.79 Å². The highest BCUT2D eigenvalue weighted by atomic mass is 35.5. The summed E-state index contributed by atoms with van der Waals surface area (Å²) in [5, 5.41) is 15.9. The number of nitrogens with two attached hydrogens (primary N) is 1. The number of rotatable bonds is 6. The number of nitrogens with zero attached hydrogens (tertiary/aromatic N) is 4.